The highest BCUT2D eigenvalue weighted by molar-refractivity contribution is 7.10. The number of para-hydroxylation sites is 1. The molecular formula is C16H17NS. The molecule has 18 heavy (non-hydrogen) atoms. The van der Waals surface area contributed by atoms with Crippen LogP contribution < -0.4 is 0 Å². The standard InChI is InChI=1S/C16H17NS/c1-11-12(2)17(13(3)16-9-6-10-18-16)15-8-5-4-7-14(11)15/h4-10,13H,1-3H3. The van der Waals surface area contributed by atoms with Gasteiger partial charge in [-0.3, -0.25) is 0 Å². The van der Waals surface area contributed by atoms with E-state index in [-0.39, 0.29) is 0 Å². The van der Waals surface area contributed by atoms with E-state index in [1.165, 1.54) is 27.0 Å². The van der Waals surface area contributed by atoms with Crippen LogP contribution in [0.1, 0.15) is 29.1 Å². The number of benzene rings is 1. The molecule has 1 nitrogen and oxygen atoms in total. The van der Waals surface area contributed by atoms with Gasteiger partial charge in [-0.25, -0.2) is 0 Å². The van der Waals surface area contributed by atoms with Gasteiger partial charge in [0.2, 0.25) is 0 Å². The fourth-order valence-corrected chi connectivity index (χ4v) is 3.49. The Kier molecular flexibility index (Phi) is 2.75. The highest BCUT2D eigenvalue weighted by Crippen LogP contribution is 2.32. The van der Waals surface area contributed by atoms with Gasteiger partial charge in [0.1, 0.15) is 0 Å². The minimum absolute atomic E-state index is 0.406. The van der Waals surface area contributed by atoms with Crippen molar-refractivity contribution in [1.82, 2.24) is 4.57 Å². The Hall–Kier alpha value is -1.54. The molecule has 0 saturated heterocycles. The summed E-state index contributed by atoms with van der Waals surface area (Å²) in [5.41, 5.74) is 4.11. The molecule has 0 amide bonds. The van der Waals surface area contributed by atoms with Crippen molar-refractivity contribution in [2.75, 3.05) is 0 Å². The van der Waals surface area contributed by atoms with Crippen LogP contribution in [0.3, 0.4) is 0 Å². The molecule has 2 heteroatoms. The van der Waals surface area contributed by atoms with Crippen LogP contribution in [0, 0.1) is 13.8 Å². The van der Waals surface area contributed by atoms with Gasteiger partial charge in [0.05, 0.1) is 6.04 Å². The van der Waals surface area contributed by atoms with Crippen molar-refractivity contribution in [2.24, 2.45) is 0 Å². The van der Waals surface area contributed by atoms with Crippen LogP contribution in [0.15, 0.2) is 41.8 Å². The molecule has 0 aliphatic heterocycles. The molecular weight excluding hydrogens is 238 g/mol. The van der Waals surface area contributed by atoms with Crippen LogP contribution in [0.5, 0.6) is 0 Å². The maximum atomic E-state index is 2.45. The predicted octanol–water partition coefficient (Wildman–Crippen LogP) is 4.93. The average molecular weight is 255 g/mol. The Balaban J connectivity index is 2.26. The average Bonchev–Trinajstić information content (AvgIpc) is 2.99. The predicted molar refractivity (Wildman–Crippen MR) is 79.5 cm³/mol. The summed E-state index contributed by atoms with van der Waals surface area (Å²) in [6.07, 6.45) is 0. The molecule has 0 spiro atoms. The second-order valence-electron chi connectivity index (χ2n) is 4.79. The summed E-state index contributed by atoms with van der Waals surface area (Å²) in [6, 6.07) is 13.4. The molecule has 0 bridgehead atoms. The molecule has 92 valence electrons. The first-order valence-electron chi connectivity index (χ1n) is 6.29. The van der Waals surface area contributed by atoms with Crippen LogP contribution in [-0.2, 0) is 0 Å². The lowest BCUT2D eigenvalue weighted by atomic mass is 10.2. The molecule has 0 aliphatic carbocycles. The number of hydrogen-bond acceptors (Lipinski definition) is 1. The Morgan fingerprint density at radius 3 is 2.56 bits per heavy atom. The minimum Gasteiger partial charge on any atom is -0.337 e. The van der Waals surface area contributed by atoms with E-state index in [0.29, 0.717) is 6.04 Å². The van der Waals surface area contributed by atoms with Crippen molar-refractivity contribution in [3.05, 3.63) is 57.9 Å². The van der Waals surface area contributed by atoms with Gasteiger partial charge in [0.25, 0.3) is 0 Å². The van der Waals surface area contributed by atoms with E-state index in [9.17, 15) is 0 Å². The Bertz CT molecular complexity index is 677. The van der Waals surface area contributed by atoms with Gasteiger partial charge in [-0.1, -0.05) is 24.3 Å². The molecule has 0 saturated carbocycles. The fourth-order valence-electron chi connectivity index (χ4n) is 2.71. The fraction of sp³-hybridized carbons (Fsp3) is 0.250. The van der Waals surface area contributed by atoms with E-state index in [0.717, 1.165) is 0 Å². The first-order valence-corrected chi connectivity index (χ1v) is 7.17. The second-order valence-corrected chi connectivity index (χ2v) is 5.77. The number of thiophene rings is 1. The lowest BCUT2D eigenvalue weighted by Crippen LogP contribution is -2.06. The van der Waals surface area contributed by atoms with Crippen molar-refractivity contribution >= 4 is 22.2 Å². The van der Waals surface area contributed by atoms with Gasteiger partial charge in [0, 0.05) is 21.5 Å². The Labute approximate surface area is 112 Å². The zero-order chi connectivity index (χ0) is 12.7. The third kappa shape index (κ3) is 1.60. The number of aromatic nitrogens is 1. The third-order valence-electron chi connectivity index (χ3n) is 3.81. The Morgan fingerprint density at radius 2 is 1.83 bits per heavy atom. The summed E-state index contributed by atoms with van der Waals surface area (Å²) in [6.45, 7) is 6.72. The summed E-state index contributed by atoms with van der Waals surface area (Å²) in [4.78, 5) is 1.42. The first kappa shape index (κ1) is 11.5. The normalized spacial score (nSPS) is 13.1. The van der Waals surface area contributed by atoms with Gasteiger partial charge in [-0.15, -0.1) is 11.3 Å². The SMILES string of the molecule is Cc1c(C)n(C(C)c2cccs2)c2ccccc12. The quantitative estimate of drug-likeness (QED) is 0.612. The molecule has 1 unspecified atom stereocenters. The highest BCUT2D eigenvalue weighted by atomic mass is 32.1. The summed E-state index contributed by atoms with van der Waals surface area (Å²) in [5.74, 6) is 0. The van der Waals surface area contributed by atoms with Crippen LogP contribution >= 0.6 is 11.3 Å². The van der Waals surface area contributed by atoms with Crippen LogP contribution in [-0.4, -0.2) is 4.57 Å². The molecule has 0 fully saturated rings. The van der Waals surface area contributed by atoms with Crippen LogP contribution in [0.25, 0.3) is 10.9 Å². The number of hydrogen-bond donors (Lipinski definition) is 0. The second kappa shape index (κ2) is 4.29. The molecule has 3 rings (SSSR count). The zero-order valence-corrected chi connectivity index (χ0v) is 11.8. The van der Waals surface area contributed by atoms with Crippen molar-refractivity contribution in [3.63, 3.8) is 0 Å². The van der Waals surface area contributed by atoms with E-state index in [2.05, 4.69) is 67.1 Å². The van der Waals surface area contributed by atoms with E-state index < -0.39 is 0 Å². The van der Waals surface area contributed by atoms with Gasteiger partial charge in [-0.05, 0) is 43.8 Å². The molecule has 0 aliphatic rings. The maximum absolute atomic E-state index is 2.45. The summed E-state index contributed by atoms with van der Waals surface area (Å²) in [5, 5.41) is 3.53. The van der Waals surface area contributed by atoms with Crippen molar-refractivity contribution in [1.29, 1.82) is 0 Å². The molecule has 2 aromatic heterocycles. The summed E-state index contributed by atoms with van der Waals surface area (Å²) >= 11 is 1.83. The van der Waals surface area contributed by atoms with Crippen LogP contribution in [0.4, 0.5) is 0 Å². The summed E-state index contributed by atoms with van der Waals surface area (Å²) < 4.78 is 2.45. The van der Waals surface area contributed by atoms with Gasteiger partial charge < -0.3 is 4.57 Å². The van der Waals surface area contributed by atoms with Crippen LogP contribution in [0.2, 0.25) is 0 Å². The van der Waals surface area contributed by atoms with E-state index in [1.54, 1.807) is 0 Å². The number of rotatable bonds is 2. The number of nitrogens with zero attached hydrogens (tertiary/aromatic N) is 1. The first-order chi connectivity index (χ1) is 8.70. The molecule has 1 aromatic carbocycles. The zero-order valence-electron chi connectivity index (χ0n) is 11.0. The van der Waals surface area contributed by atoms with E-state index in [1.807, 2.05) is 11.3 Å². The van der Waals surface area contributed by atoms with Crippen molar-refractivity contribution in [3.8, 4) is 0 Å². The van der Waals surface area contributed by atoms with Crippen molar-refractivity contribution < 1.29 is 0 Å². The minimum atomic E-state index is 0.406. The monoisotopic (exact) mass is 255 g/mol. The number of fused-ring (bicyclic) bond motifs is 1. The lowest BCUT2D eigenvalue weighted by Gasteiger charge is -2.16. The van der Waals surface area contributed by atoms with Crippen molar-refractivity contribution in [2.45, 2.75) is 26.8 Å². The third-order valence-corrected chi connectivity index (χ3v) is 4.86. The van der Waals surface area contributed by atoms with Gasteiger partial charge >= 0.3 is 0 Å². The van der Waals surface area contributed by atoms with E-state index in [4.69, 9.17) is 0 Å². The lowest BCUT2D eigenvalue weighted by molar-refractivity contribution is 0.656. The van der Waals surface area contributed by atoms with Gasteiger partial charge in [-0.2, -0.15) is 0 Å². The Morgan fingerprint density at radius 1 is 1.06 bits per heavy atom. The molecule has 0 N–H and O–H groups in total. The number of aryl methyl sites for hydroxylation is 1. The summed E-state index contributed by atoms with van der Waals surface area (Å²) in [7, 11) is 0. The molecule has 1 atom stereocenters. The highest BCUT2D eigenvalue weighted by Gasteiger charge is 2.16. The molecule has 3 aromatic rings. The molecule has 2 heterocycles. The molecule has 0 radical (unpaired) electrons. The van der Waals surface area contributed by atoms with E-state index >= 15 is 0 Å². The largest absolute Gasteiger partial charge is 0.337 e. The topological polar surface area (TPSA) is 4.93 Å². The van der Waals surface area contributed by atoms with Gasteiger partial charge in [0.15, 0.2) is 0 Å². The smallest absolute Gasteiger partial charge is 0.0653 e. The maximum Gasteiger partial charge on any atom is 0.0653 e.